The second-order valence-electron chi connectivity index (χ2n) is 5.01. The summed E-state index contributed by atoms with van der Waals surface area (Å²) in [6.45, 7) is 2.46. The summed E-state index contributed by atoms with van der Waals surface area (Å²) in [5.74, 6) is -0.621. The minimum Gasteiger partial charge on any atom is -0.393 e. The summed E-state index contributed by atoms with van der Waals surface area (Å²) >= 11 is 0. The van der Waals surface area contributed by atoms with E-state index in [9.17, 15) is 9.59 Å². The topological polar surface area (TPSA) is 69.6 Å². The van der Waals surface area contributed by atoms with Crippen LogP contribution in [0.4, 0.5) is 0 Å². The third kappa shape index (κ3) is 7.01. The Labute approximate surface area is 119 Å². The first-order valence-electron chi connectivity index (χ1n) is 6.70. The van der Waals surface area contributed by atoms with E-state index in [1.807, 2.05) is 30.3 Å². The zero-order chi connectivity index (χ0) is 15.0. The van der Waals surface area contributed by atoms with Gasteiger partial charge >= 0.3 is 0 Å². The number of benzene rings is 1. The Morgan fingerprint density at radius 2 is 1.90 bits per heavy atom. The number of nitrogens with zero attached hydrogens (tertiary/aromatic N) is 1. The summed E-state index contributed by atoms with van der Waals surface area (Å²) in [5, 5.41) is 11.5. The van der Waals surface area contributed by atoms with Gasteiger partial charge in [0, 0.05) is 6.54 Å². The zero-order valence-corrected chi connectivity index (χ0v) is 12.0. The van der Waals surface area contributed by atoms with Crippen molar-refractivity contribution in [1.82, 2.24) is 10.2 Å². The predicted octanol–water partition coefficient (Wildman–Crippen LogP) is 0.575. The number of amides is 2. The highest BCUT2D eigenvalue weighted by Crippen LogP contribution is 1.99. The minimum atomic E-state index is -0.389. The summed E-state index contributed by atoms with van der Waals surface area (Å²) in [5.41, 5.74) is 0.875. The molecule has 5 nitrogen and oxygen atoms in total. The van der Waals surface area contributed by atoms with Gasteiger partial charge in [-0.2, -0.15) is 0 Å². The number of nitrogens with one attached hydrogen (secondary N) is 1. The molecule has 2 N–H and O–H groups in total. The van der Waals surface area contributed by atoms with Crippen LogP contribution < -0.4 is 5.32 Å². The molecule has 110 valence electrons. The van der Waals surface area contributed by atoms with Crippen LogP contribution in [0.5, 0.6) is 0 Å². The fourth-order valence-corrected chi connectivity index (χ4v) is 1.75. The lowest BCUT2D eigenvalue weighted by molar-refractivity contribution is -0.130. The molecule has 1 aromatic rings. The van der Waals surface area contributed by atoms with Crippen LogP contribution in [0, 0.1) is 0 Å². The second kappa shape index (κ2) is 8.45. The highest BCUT2D eigenvalue weighted by molar-refractivity contribution is 5.96. The van der Waals surface area contributed by atoms with Gasteiger partial charge in [-0.3, -0.25) is 19.8 Å². The van der Waals surface area contributed by atoms with Crippen molar-refractivity contribution in [2.45, 2.75) is 25.9 Å². The van der Waals surface area contributed by atoms with Crippen LogP contribution in [0.25, 0.3) is 0 Å². The maximum absolute atomic E-state index is 11.7. The quantitative estimate of drug-likeness (QED) is 0.765. The van der Waals surface area contributed by atoms with Crippen molar-refractivity contribution in [2.24, 2.45) is 0 Å². The fraction of sp³-hybridized carbons (Fsp3) is 0.467. The number of carbonyl (C=O) groups is 2. The molecule has 0 bridgehead atoms. The summed E-state index contributed by atoms with van der Waals surface area (Å²) in [7, 11) is 1.78. The smallest absolute Gasteiger partial charge is 0.240 e. The molecule has 1 rings (SSSR count). The van der Waals surface area contributed by atoms with Crippen molar-refractivity contribution in [3.05, 3.63) is 35.9 Å². The molecular formula is C15H22N2O3. The Balaban J connectivity index is 2.29. The summed E-state index contributed by atoms with van der Waals surface area (Å²) in [4.78, 5) is 25.1. The third-order valence-electron chi connectivity index (χ3n) is 2.83. The Hall–Kier alpha value is -1.72. The molecule has 0 saturated carbocycles. The molecule has 0 saturated heterocycles. The molecule has 2 amide bonds. The summed E-state index contributed by atoms with van der Waals surface area (Å²) in [6.07, 6.45) is 0.409. The maximum atomic E-state index is 11.7. The lowest BCUT2D eigenvalue weighted by Crippen LogP contribution is -2.39. The molecule has 0 spiro atoms. The lowest BCUT2D eigenvalue weighted by Gasteiger charge is -2.16. The van der Waals surface area contributed by atoms with E-state index >= 15 is 0 Å². The van der Waals surface area contributed by atoms with Gasteiger partial charge in [0.2, 0.25) is 11.8 Å². The van der Waals surface area contributed by atoms with E-state index in [0.717, 1.165) is 5.56 Å². The van der Waals surface area contributed by atoms with E-state index < -0.39 is 0 Å². The molecule has 0 radical (unpaired) electrons. The molecule has 0 aliphatic heterocycles. The molecule has 20 heavy (non-hydrogen) atoms. The number of imide groups is 1. The molecule has 1 atom stereocenters. The van der Waals surface area contributed by atoms with Gasteiger partial charge in [0.05, 0.1) is 19.1 Å². The average Bonchev–Trinajstić information content (AvgIpc) is 2.37. The number of hydrogen-bond acceptors (Lipinski definition) is 4. The van der Waals surface area contributed by atoms with Crippen LogP contribution in [-0.4, -0.2) is 48.1 Å². The van der Waals surface area contributed by atoms with Crippen molar-refractivity contribution in [1.29, 1.82) is 0 Å². The van der Waals surface area contributed by atoms with E-state index in [1.54, 1.807) is 18.9 Å². The number of aliphatic hydroxyl groups is 1. The van der Waals surface area contributed by atoms with Crippen molar-refractivity contribution >= 4 is 11.8 Å². The molecule has 1 aromatic carbocycles. The van der Waals surface area contributed by atoms with Crippen LogP contribution in [0.2, 0.25) is 0 Å². The number of likely N-dealkylation sites (N-methyl/N-ethyl adjacent to an activating group) is 1. The largest absolute Gasteiger partial charge is 0.393 e. The first kappa shape index (κ1) is 16.3. The highest BCUT2D eigenvalue weighted by atomic mass is 16.3. The molecule has 0 fully saturated rings. The monoisotopic (exact) mass is 278 g/mol. The standard InChI is InChI=1S/C15H22N2O3/c1-12(18)8-9-17(2)11-15(20)16-14(19)10-13-6-4-3-5-7-13/h3-7,12,18H,8-11H2,1-2H3,(H,16,19,20). The van der Waals surface area contributed by atoms with Gasteiger partial charge in [-0.05, 0) is 26.0 Å². The molecule has 0 aliphatic rings. The second-order valence-corrected chi connectivity index (χ2v) is 5.01. The summed E-state index contributed by atoms with van der Waals surface area (Å²) < 4.78 is 0. The van der Waals surface area contributed by atoms with Crippen LogP contribution in [0.1, 0.15) is 18.9 Å². The average molecular weight is 278 g/mol. The third-order valence-corrected chi connectivity index (χ3v) is 2.83. The van der Waals surface area contributed by atoms with E-state index in [-0.39, 0.29) is 30.9 Å². The highest BCUT2D eigenvalue weighted by Gasteiger charge is 2.11. The van der Waals surface area contributed by atoms with Crippen molar-refractivity contribution in [3.63, 3.8) is 0 Å². The van der Waals surface area contributed by atoms with Gasteiger partial charge in [-0.15, -0.1) is 0 Å². The van der Waals surface area contributed by atoms with Crippen LogP contribution >= 0.6 is 0 Å². The van der Waals surface area contributed by atoms with Crippen LogP contribution in [-0.2, 0) is 16.0 Å². The molecule has 0 aromatic heterocycles. The normalized spacial score (nSPS) is 12.2. The van der Waals surface area contributed by atoms with E-state index in [2.05, 4.69) is 5.32 Å². The van der Waals surface area contributed by atoms with Crippen LogP contribution in [0.15, 0.2) is 30.3 Å². The van der Waals surface area contributed by atoms with Crippen molar-refractivity contribution in [2.75, 3.05) is 20.1 Å². The van der Waals surface area contributed by atoms with Gasteiger partial charge in [0.1, 0.15) is 0 Å². The maximum Gasteiger partial charge on any atom is 0.240 e. The fourth-order valence-electron chi connectivity index (χ4n) is 1.75. The first-order chi connectivity index (χ1) is 9.47. The van der Waals surface area contributed by atoms with Crippen LogP contribution in [0.3, 0.4) is 0 Å². The Bertz CT molecular complexity index is 432. The minimum absolute atomic E-state index is 0.146. The molecule has 1 unspecified atom stereocenters. The number of hydrogen-bond donors (Lipinski definition) is 2. The van der Waals surface area contributed by atoms with E-state index in [1.165, 1.54) is 0 Å². The van der Waals surface area contributed by atoms with Gasteiger partial charge < -0.3 is 5.11 Å². The molecule has 0 heterocycles. The van der Waals surface area contributed by atoms with Gasteiger partial charge in [-0.1, -0.05) is 30.3 Å². The first-order valence-corrected chi connectivity index (χ1v) is 6.70. The van der Waals surface area contributed by atoms with Crippen molar-refractivity contribution in [3.8, 4) is 0 Å². The number of aliphatic hydroxyl groups excluding tert-OH is 1. The lowest BCUT2D eigenvalue weighted by atomic mass is 10.1. The molecule has 5 heteroatoms. The number of rotatable bonds is 7. The van der Waals surface area contributed by atoms with Gasteiger partial charge in [-0.25, -0.2) is 0 Å². The number of carbonyl (C=O) groups excluding carboxylic acids is 2. The summed E-state index contributed by atoms with van der Waals surface area (Å²) in [6, 6.07) is 9.28. The van der Waals surface area contributed by atoms with Gasteiger partial charge in [0.25, 0.3) is 0 Å². The Morgan fingerprint density at radius 3 is 2.50 bits per heavy atom. The molecule has 0 aliphatic carbocycles. The Morgan fingerprint density at radius 1 is 1.25 bits per heavy atom. The van der Waals surface area contributed by atoms with Gasteiger partial charge in [0.15, 0.2) is 0 Å². The predicted molar refractivity (Wildman–Crippen MR) is 77.1 cm³/mol. The van der Waals surface area contributed by atoms with E-state index in [4.69, 9.17) is 5.11 Å². The SMILES string of the molecule is CC(O)CCN(C)CC(=O)NC(=O)Cc1ccccc1. The zero-order valence-electron chi connectivity index (χ0n) is 12.0. The van der Waals surface area contributed by atoms with Crippen molar-refractivity contribution < 1.29 is 14.7 Å². The molecular weight excluding hydrogens is 256 g/mol. The Kier molecular flexibility index (Phi) is 6.90. The van der Waals surface area contributed by atoms with E-state index in [0.29, 0.717) is 13.0 Å².